The minimum Gasteiger partial charge on any atom is -0.467 e. The van der Waals surface area contributed by atoms with E-state index in [4.69, 9.17) is 18.6 Å². The monoisotopic (exact) mass is 472 g/mol. The molecule has 1 aromatic carbocycles. The van der Waals surface area contributed by atoms with E-state index in [1.54, 1.807) is 30.2 Å². The number of benzene rings is 1. The molecule has 2 heterocycles. The number of hydrogen-bond donors (Lipinski definition) is 0. The Kier molecular flexibility index (Phi) is 8.95. The zero-order chi connectivity index (χ0) is 24.5. The predicted octanol–water partition coefficient (Wildman–Crippen LogP) is 3.37. The van der Waals surface area contributed by atoms with Gasteiger partial charge in [0.05, 0.1) is 32.4 Å². The van der Waals surface area contributed by atoms with Gasteiger partial charge >= 0.3 is 5.97 Å². The fraction of sp³-hybridized carbons (Fsp3) is 0.480. The van der Waals surface area contributed by atoms with Crippen molar-refractivity contribution in [3.63, 3.8) is 0 Å². The summed E-state index contributed by atoms with van der Waals surface area (Å²) < 4.78 is 21.2. The Morgan fingerprint density at radius 1 is 1.00 bits per heavy atom. The van der Waals surface area contributed by atoms with Gasteiger partial charge in [0.25, 0.3) is 0 Å². The molecule has 1 aliphatic heterocycles. The van der Waals surface area contributed by atoms with E-state index in [2.05, 4.69) is 0 Å². The van der Waals surface area contributed by atoms with Crippen molar-refractivity contribution in [2.45, 2.75) is 46.7 Å². The number of rotatable bonds is 12. The van der Waals surface area contributed by atoms with E-state index in [1.807, 2.05) is 32.0 Å². The van der Waals surface area contributed by atoms with Gasteiger partial charge in [0.1, 0.15) is 5.76 Å². The first-order valence-electron chi connectivity index (χ1n) is 11.5. The van der Waals surface area contributed by atoms with Crippen molar-refractivity contribution in [2.75, 3.05) is 26.5 Å². The number of ether oxygens (including phenoxy) is 3. The standard InChI is InChI=1S/C25H32N2O7/c1-4-31-25(30)10-9-23(28)26(13-18(2)3)16-24(29)27(15-20-6-5-11-32-20)14-19-7-8-21-22(12-19)34-17-33-21/h5-8,11-12,18H,4,9-10,13-17H2,1-3H3. The SMILES string of the molecule is CCOC(=O)CCC(=O)N(CC(=O)N(Cc1ccc2c(c1)OCO2)Cc1ccco1)CC(C)C. The van der Waals surface area contributed by atoms with Crippen molar-refractivity contribution in [1.29, 1.82) is 0 Å². The molecule has 0 atom stereocenters. The molecule has 0 radical (unpaired) electrons. The molecule has 3 rings (SSSR count). The molecule has 0 fully saturated rings. The van der Waals surface area contributed by atoms with Crippen molar-refractivity contribution in [1.82, 2.24) is 9.80 Å². The van der Waals surface area contributed by atoms with Crippen molar-refractivity contribution in [3.8, 4) is 11.5 Å². The molecule has 2 aromatic rings. The van der Waals surface area contributed by atoms with Crippen LogP contribution in [0, 0.1) is 5.92 Å². The summed E-state index contributed by atoms with van der Waals surface area (Å²) in [6.07, 6.45) is 1.55. The molecule has 1 aliphatic rings. The van der Waals surface area contributed by atoms with Crippen molar-refractivity contribution in [2.24, 2.45) is 5.92 Å². The Balaban J connectivity index is 1.71. The maximum absolute atomic E-state index is 13.4. The van der Waals surface area contributed by atoms with Crippen LogP contribution in [0.2, 0.25) is 0 Å². The molecule has 34 heavy (non-hydrogen) atoms. The first kappa shape index (κ1) is 25.1. The van der Waals surface area contributed by atoms with Crippen molar-refractivity contribution in [3.05, 3.63) is 47.9 Å². The van der Waals surface area contributed by atoms with E-state index in [-0.39, 0.29) is 57.1 Å². The van der Waals surface area contributed by atoms with Gasteiger partial charge in [0.2, 0.25) is 18.6 Å². The highest BCUT2D eigenvalue weighted by atomic mass is 16.7. The zero-order valence-electron chi connectivity index (χ0n) is 20.0. The van der Waals surface area contributed by atoms with Gasteiger partial charge in [-0.2, -0.15) is 0 Å². The molecule has 0 spiro atoms. The van der Waals surface area contributed by atoms with Crippen LogP contribution in [0.5, 0.6) is 11.5 Å². The van der Waals surface area contributed by atoms with Crippen LogP contribution in [0.25, 0.3) is 0 Å². The number of fused-ring (bicyclic) bond motifs is 1. The molecule has 9 nitrogen and oxygen atoms in total. The molecule has 0 bridgehead atoms. The fourth-order valence-corrected chi connectivity index (χ4v) is 3.64. The van der Waals surface area contributed by atoms with Gasteiger partial charge in [-0.3, -0.25) is 14.4 Å². The van der Waals surface area contributed by atoms with Crippen LogP contribution in [0.3, 0.4) is 0 Å². The Hall–Kier alpha value is -3.49. The molecular weight excluding hydrogens is 440 g/mol. The molecule has 184 valence electrons. The number of hydrogen-bond acceptors (Lipinski definition) is 7. The van der Waals surface area contributed by atoms with Gasteiger partial charge in [0.15, 0.2) is 11.5 Å². The third kappa shape index (κ3) is 7.26. The van der Waals surface area contributed by atoms with Gasteiger partial charge < -0.3 is 28.4 Å². The summed E-state index contributed by atoms with van der Waals surface area (Å²) in [7, 11) is 0. The molecule has 0 saturated heterocycles. The topological polar surface area (TPSA) is 98.5 Å². The number of amides is 2. The Morgan fingerprint density at radius 2 is 1.79 bits per heavy atom. The number of carbonyl (C=O) groups excluding carboxylic acids is 3. The average Bonchev–Trinajstić information content (AvgIpc) is 3.48. The lowest BCUT2D eigenvalue weighted by Crippen LogP contribution is -2.44. The number of furan rings is 1. The van der Waals surface area contributed by atoms with Crippen molar-refractivity contribution >= 4 is 17.8 Å². The first-order chi connectivity index (χ1) is 16.4. The molecule has 2 amide bonds. The molecule has 0 unspecified atom stereocenters. The van der Waals surface area contributed by atoms with E-state index >= 15 is 0 Å². The summed E-state index contributed by atoms with van der Waals surface area (Å²) in [4.78, 5) is 41.1. The Morgan fingerprint density at radius 3 is 2.50 bits per heavy atom. The molecule has 0 aliphatic carbocycles. The second kappa shape index (κ2) is 12.1. The fourth-order valence-electron chi connectivity index (χ4n) is 3.64. The maximum atomic E-state index is 13.4. The average molecular weight is 473 g/mol. The minimum atomic E-state index is -0.422. The maximum Gasteiger partial charge on any atom is 0.306 e. The Labute approximate surface area is 199 Å². The summed E-state index contributed by atoms with van der Waals surface area (Å²) in [6.45, 7) is 6.99. The number of nitrogens with zero attached hydrogens (tertiary/aromatic N) is 2. The summed E-state index contributed by atoms with van der Waals surface area (Å²) in [5.41, 5.74) is 0.869. The van der Waals surface area contributed by atoms with Crippen molar-refractivity contribution < 1.29 is 33.0 Å². The van der Waals surface area contributed by atoms with Crippen LogP contribution in [0.4, 0.5) is 0 Å². The van der Waals surface area contributed by atoms with Crippen LogP contribution in [0.15, 0.2) is 41.0 Å². The van der Waals surface area contributed by atoms with Gasteiger partial charge in [-0.15, -0.1) is 0 Å². The Bertz CT molecular complexity index is 972. The lowest BCUT2D eigenvalue weighted by molar-refractivity contribution is -0.146. The lowest BCUT2D eigenvalue weighted by Gasteiger charge is -2.28. The van der Waals surface area contributed by atoms with Gasteiger partial charge in [0, 0.05) is 19.5 Å². The number of esters is 1. The summed E-state index contributed by atoms with van der Waals surface area (Å²) in [5.74, 6) is 1.20. The molecule has 1 aromatic heterocycles. The van der Waals surface area contributed by atoms with Crippen LogP contribution in [-0.4, -0.2) is 54.1 Å². The molecular formula is C25H32N2O7. The highest BCUT2D eigenvalue weighted by Crippen LogP contribution is 2.33. The minimum absolute atomic E-state index is 0.000815. The quantitative estimate of drug-likeness (QED) is 0.437. The van der Waals surface area contributed by atoms with Crippen LogP contribution < -0.4 is 9.47 Å². The smallest absolute Gasteiger partial charge is 0.306 e. The molecule has 0 saturated carbocycles. The third-order valence-corrected chi connectivity index (χ3v) is 5.20. The molecule has 0 N–H and O–H groups in total. The van der Waals surface area contributed by atoms with E-state index in [0.717, 1.165) is 5.56 Å². The molecule has 9 heteroatoms. The zero-order valence-corrected chi connectivity index (χ0v) is 20.0. The highest BCUT2D eigenvalue weighted by Gasteiger charge is 2.24. The van der Waals surface area contributed by atoms with E-state index in [9.17, 15) is 14.4 Å². The largest absolute Gasteiger partial charge is 0.467 e. The van der Waals surface area contributed by atoms with Crippen LogP contribution in [-0.2, 0) is 32.2 Å². The van der Waals surface area contributed by atoms with Gasteiger partial charge in [-0.05, 0) is 42.7 Å². The second-order valence-corrected chi connectivity index (χ2v) is 8.49. The van der Waals surface area contributed by atoms with Gasteiger partial charge in [-0.25, -0.2) is 0 Å². The second-order valence-electron chi connectivity index (χ2n) is 8.49. The third-order valence-electron chi connectivity index (χ3n) is 5.20. The van der Waals surface area contributed by atoms with Crippen LogP contribution >= 0.6 is 0 Å². The predicted molar refractivity (Wildman–Crippen MR) is 123 cm³/mol. The normalized spacial score (nSPS) is 12.0. The highest BCUT2D eigenvalue weighted by molar-refractivity contribution is 5.86. The number of carbonyl (C=O) groups is 3. The summed E-state index contributed by atoms with van der Waals surface area (Å²) in [5, 5.41) is 0. The summed E-state index contributed by atoms with van der Waals surface area (Å²) in [6, 6.07) is 9.11. The van der Waals surface area contributed by atoms with E-state index in [0.29, 0.717) is 30.3 Å². The van der Waals surface area contributed by atoms with E-state index in [1.165, 1.54) is 4.90 Å². The lowest BCUT2D eigenvalue weighted by atomic mass is 10.1. The van der Waals surface area contributed by atoms with E-state index < -0.39 is 5.97 Å². The summed E-state index contributed by atoms with van der Waals surface area (Å²) >= 11 is 0. The van der Waals surface area contributed by atoms with Gasteiger partial charge in [-0.1, -0.05) is 19.9 Å². The van der Waals surface area contributed by atoms with Crippen LogP contribution in [0.1, 0.15) is 44.9 Å². The first-order valence-corrected chi connectivity index (χ1v) is 11.5.